The van der Waals surface area contributed by atoms with Crippen molar-refractivity contribution in [2.45, 2.75) is 38.0 Å². The summed E-state index contributed by atoms with van der Waals surface area (Å²) in [6, 6.07) is 3.79. The van der Waals surface area contributed by atoms with Crippen LogP contribution in [-0.4, -0.2) is 13.2 Å². The van der Waals surface area contributed by atoms with Crippen LogP contribution in [0.25, 0.3) is 0 Å². The minimum Gasteiger partial charge on any atom is -0.486 e. The lowest BCUT2D eigenvalue weighted by Crippen LogP contribution is -2.20. The van der Waals surface area contributed by atoms with Crippen LogP contribution in [0.1, 0.15) is 43.5 Å². The monoisotopic (exact) mass is 300 g/mol. The van der Waals surface area contributed by atoms with Crippen LogP contribution in [0.5, 0.6) is 11.5 Å². The normalized spacial score (nSPS) is 22.3. The fraction of sp³-hybridized carbons (Fsp3) is 0.600. The molecule has 0 spiro atoms. The predicted molar refractivity (Wildman–Crippen MR) is 77.6 cm³/mol. The molecule has 19 heavy (non-hydrogen) atoms. The van der Waals surface area contributed by atoms with E-state index >= 15 is 0 Å². The summed E-state index contributed by atoms with van der Waals surface area (Å²) >= 11 is 13.1. The van der Waals surface area contributed by atoms with Crippen LogP contribution >= 0.6 is 23.2 Å². The average molecular weight is 301 g/mol. The van der Waals surface area contributed by atoms with Crippen molar-refractivity contribution in [1.29, 1.82) is 0 Å². The van der Waals surface area contributed by atoms with Gasteiger partial charge in [0, 0.05) is 11.1 Å². The summed E-state index contributed by atoms with van der Waals surface area (Å²) in [5.74, 6) is 1.48. The maximum Gasteiger partial charge on any atom is 0.162 e. The van der Waals surface area contributed by atoms with Crippen LogP contribution in [0, 0.1) is 5.41 Å². The third-order valence-corrected chi connectivity index (χ3v) is 5.38. The second-order valence-electron chi connectivity index (χ2n) is 5.74. The molecule has 1 heterocycles. The van der Waals surface area contributed by atoms with Crippen LogP contribution in [0.3, 0.4) is 0 Å². The molecule has 0 radical (unpaired) electrons. The van der Waals surface area contributed by atoms with Crippen LogP contribution in [0.2, 0.25) is 5.02 Å². The molecule has 2 nitrogen and oxygen atoms in total. The lowest BCUT2D eigenvalue weighted by atomic mass is 9.81. The number of alkyl halides is 1. The molecule has 3 rings (SSSR count). The van der Waals surface area contributed by atoms with Crippen molar-refractivity contribution >= 4 is 23.2 Å². The minimum atomic E-state index is -0.0710. The van der Waals surface area contributed by atoms with Gasteiger partial charge in [-0.1, -0.05) is 31.4 Å². The van der Waals surface area contributed by atoms with Crippen LogP contribution in [-0.2, 0) is 0 Å². The highest BCUT2D eigenvalue weighted by Gasteiger charge is 2.38. The van der Waals surface area contributed by atoms with Gasteiger partial charge in [-0.3, -0.25) is 0 Å². The lowest BCUT2D eigenvalue weighted by Gasteiger charge is -2.31. The molecule has 0 saturated heterocycles. The Morgan fingerprint density at radius 1 is 1.11 bits per heavy atom. The van der Waals surface area contributed by atoms with Gasteiger partial charge >= 0.3 is 0 Å². The van der Waals surface area contributed by atoms with Gasteiger partial charge in [-0.05, 0) is 29.9 Å². The fourth-order valence-electron chi connectivity index (χ4n) is 3.09. The number of hydrogen-bond acceptors (Lipinski definition) is 2. The standard InChI is InChI=1S/C15H18Cl2O2/c1-15(4-2-3-5-15)14(17)10-8-12-13(9-11(10)16)19-7-6-18-12/h8-9,14H,2-7H2,1H3. The van der Waals surface area contributed by atoms with Gasteiger partial charge < -0.3 is 9.47 Å². The Morgan fingerprint density at radius 3 is 2.32 bits per heavy atom. The van der Waals surface area contributed by atoms with E-state index in [4.69, 9.17) is 32.7 Å². The molecule has 1 unspecified atom stereocenters. The van der Waals surface area contributed by atoms with E-state index in [1.807, 2.05) is 12.1 Å². The first-order valence-electron chi connectivity index (χ1n) is 6.83. The van der Waals surface area contributed by atoms with E-state index in [1.54, 1.807) is 0 Å². The molecule has 2 aliphatic rings. The van der Waals surface area contributed by atoms with Crippen LogP contribution < -0.4 is 9.47 Å². The predicted octanol–water partition coefficient (Wildman–Crippen LogP) is 4.97. The van der Waals surface area contributed by atoms with Crippen molar-refractivity contribution in [2.24, 2.45) is 5.41 Å². The zero-order chi connectivity index (χ0) is 13.5. The molecule has 104 valence electrons. The summed E-state index contributed by atoms with van der Waals surface area (Å²) in [4.78, 5) is 0. The summed E-state index contributed by atoms with van der Waals surface area (Å²) in [7, 11) is 0. The maximum atomic E-state index is 6.72. The third-order valence-electron chi connectivity index (χ3n) is 4.29. The average Bonchev–Trinajstić information content (AvgIpc) is 2.85. The lowest BCUT2D eigenvalue weighted by molar-refractivity contribution is 0.171. The van der Waals surface area contributed by atoms with E-state index in [-0.39, 0.29) is 10.8 Å². The molecule has 1 aliphatic heterocycles. The molecule has 1 aromatic carbocycles. The highest BCUT2D eigenvalue weighted by atomic mass is 35.5. The third kappa shape index (κ3) is 2.41. The fourth-order valence-corrected chi connectivity index (χ4v) is 3.80. The summed E-state index contributed by atoms with van der Waals surface area (Å²) in [6.07, 6.45) is 4.82. The van der Waals surface area contributed by atoms with E-state index in [0.29, 0.717) is 18.2 Å². The first-order valence-corrected chi connectivity index (χ1v) is 7.65. The number of hydrogen-bond donors (Lipinski definition) is 0. The van der Waals surface area contributed by atoms with E-state index < -0.39 is 0 Å². The number of benzene rings is 1. The zero-order valence-corrected chi connectivity index (χ0v) is 12.6. The van der Waals surface area contributed by atoms with Gasteiger partial charge in [0.05, 0.1) is 5.38 Å². The van der Waals surface area contributed by atoms with Gasteiger partial charge in [0.2, 0.25) is 0 Å². The second kappa shape index (κ2) is 5.06. The Balaban J connectivity index is 1.95. The van der Waals surface area contributed by atoms with E-state index in [2.05, 4.69) is 6.92 Å². The maximum absolute atomic E-state index is 6.72. The summed E-state index contributed by atoms with van der Waals surface area (Å²) in [5, 5.41) is 0.607. The molecule has 4 heteroatoms. The SMILES string of the molecule is CC1(C(Cl)c2cc3c(cc2Cl)OCCO3)CCCC1. The molecule has 0 N–H and O–H groups in total. The Bertz CT molecular complexity index is 481. The zero-order valence-electron chi connectivity index (χ0n) is 11.0. The summed E-state index contributed by atoms with van der Waals surface area (Å²) < 4.78 is 11.2. The first-order chi connectivity index (χ1) is 9.10. The number of halogens is 2. The van der Waals surface area contributed by atoms with Gasteiger partial charge in [0.15, 0.2) is 11.5 Å². The van der Waals surface area contributed by atoms with Crippen molar-refractivity contribution in [3.8, 4) is 11.5 Å². The molecule has 1 atom stereocenters. The quantitative estimate of drug-likeness (QED) is 0.718. The smallest absolute Gasteiger partial charge is 0.162 e. The van der Waals surface area contributed by atoms with Crippen LogP contribution in [0.15, 0.2) is 12.1 Å². The topological polar surface area (TPSA) is 18.5 Å². The van der Waals surface area contributed by atoms with Crippen molar-refractivity contribution in [2.75, 3.05) is 13.2 Å². The number of ether oxygens (including phenoxy) is 2. The molecular weight excluding hydrogens is 283 g/mol. The largest absolute Gasteiger partial charge is 0.486 e. The number of fused-ring (bicyclic) bond motifs is 1. The Morgan fingerprint density at radius 2 is 1.68 bits per heavy atom. The molecule has 1 saturated carbocycles. The molecule has 0 bridgehead atoms. The van der Waals surface area contributed by atoms with Gasteiger partial charge in [0.25, 0.3) is 0 Å². The van der Waals surface area contributed by atoms with Crippen molar-refractivity contribution in [3.05, 3.63) is 22.7 Å². The second-order valence-corrected chi connectivity index (χ2v) is 6.58. The highest BCUT2D eigenvalue weighted by molar-refractivity contribution is 6.33. The molecule has 1 fully saturated rings. The van der Waals surface area contributed by atoms with E-state index in [0.717, 1.165) is 29.9 Å². The highest BCUT2D eigenvalue weighted by Crippen LogP contribution is 2.53. The van der Waals surface area contributed by atoms with Crippen molar-refractivity contribution in [1.82, 2.24) is 0 Å². The molecule has 1 aromatic rings. The Labute approximate surface area is 124 Å². The van der Waals surface area contributed by atoms with E-state index in [9.17, 15) is 0 Å². The molecule has 0 amide bonds. The van der Waals surface area contributed by atoms with E-state index in [1.165, 1.54) is 12.8 Å². The first kappa shape index (κ1) is 13.4. The molecule has 1 aliphatic carbocycles. The van der Waals surface area contributed by atoms with Gasteiger partial charge in [-0.2, -0.15) is 0 Å². The summed E-state index contributed by atoms with van der Waals surface area (Å²) in [6.45, 7) is 3.41. The molecule has 0 aromatic heterocycles. The summed E-state index contributed by atoms with van der Waals surface area (Å²) in [5.41, 5.74) is 1.10. The molecular formula is C15H18Cl2O2. The van der Waals surface area contributed by atoms with Gasteiger partial charge in [-0.25, -0.2) is 0 Å². The Hall–Kier alpha value is -0.600. The Kier molecular flexibility index (Phi) is 3.57. The van der Waals surface area contributed by atoms with Gasteiger partial charge in [0.1, 0.15) is 13.2 Å². The van der Waals surface area contributed by atoms with Crippen molar-refractivity contribution < 1.29 is 9.47 Å². The minimum absolute atomic E-state index is 0.0710. The van der Waals surface area contributed by atoms with Crippen molar-refractivity contribution in [3.63, 3.8) is 0 Å². The van der Waals surface area contributed by atoms with Gasteiger partial charge in [-0.15, -0.1) is 11.6 Å². The number of rotatable bonds is 2. The van der Waals surface area contributed by atoms with Crippen LogP contribution in [0.4, 0.5) is 0 Å².